The van der Waals surface area contributed by atoms with E-state index in [9.17, 15) is 5.11 Å². The van der Waals surface area contributed by atoms with Gasteiger partial charge in [0.2, 0.25) is 0 Å². The summed E-state index contributed by atoms with van der Waals surface area (Å²) in [7, 11) is 0. The molecule has 0 aromatic carbocycles. The van der Waals surface area contributed by atoms with Gasteiger partial charge in [-0.15, -0.1) is 0 Å². The highest BCUT2D eigenvalue weighted by atomic mass is 16.3. The van der Waals surface area contributed by atoms with Gasteiger partial charge in [0.25, 0.3) is 0 Å². The fourth-order valence-electron chi connectivity index (χ4n) is 1.54. The maximum Gasteiger partial charge on any atom is 0.0692 e. The van der Waals surface area contributed by atoms with E-state index in [-0.39, 0.29) is 18.6 Å². The predicted molar refractivity (Wildman–Crippen MR) is 59.2 cm³/mol. The van der Waals surface area contributed by atoms with E-state index in [0.717, 1.165) is 19.4 Å². The highest BCUT2D eigenvalue weighted by molar-refractivity contribution is 4.69. The van der Waals surface area contributed by atoms with Crippen molar-refractivity contribution in [1.29, 1.82) is 0 Å². The van der Waals surface area contributed by atoms with Crippen LogP contribution in [0.3, 0.4) is 0 Å². The van der Waals surface area contributed by atoms with Gasteiger partial charge in [-0.2, -0.15) is 0 Å². The highest BCUT2D eigenvalue weighted by Gasteiger charge is 2.14. The number of hydrogen-bond donors (Lipinski definition) is 3. The minimum atomic E-state index is -0.254. The van der Waals surface area contributed by atoms with Gasteiger partial charge >= 0.3 is 0 Å². The Labute approximate surface area is 87.5 Å². The third kappa shape index (κ3) is 5.58. The third-order valence-electron chi connectivity index (χ3n) is 2.75. The van der Waals surface area contributed by atoms with E-state index in [1.165, 1.54) is 0 Å². The number of aliphatic hydroxyl groups excluding tert-OH is 2. The molecule has 0 saturated heterocycles. The van der Waals surface area contributed by atoms with Crippen LogP contribution in [0.2, 0.25) is 0 Å². The van der Waals surface area contributed by atoms with Crippen LogP contribution in [-0.4, -0.2) is 36.0 Å². The lowest BCUT2D eigenvalue weighted by atomic mass is 9.96. The van der Waals surface area contributed by atoms with Crippen LogP contribution in [0.25, 0.3) is 0 Å². The fraction of sp³-hybridized carbons (Fsp3) is 1.00. The first kappa shape index (κ1) is 13.9. The van der Waals surface area contributed by atoms with Crippen molar-refractivity contribution in [2.75, 3.05) is 19.7 Å². The predicted octanol–water partition coefficient (Wildman–Crippen LogP) is 1.00. The van der Waals surface area contributed by atoms with Gasteiger partial charge < -0.3 is 15.5 Å². The molecule has 0 aliphatic carbocycles. The summed E-state index contributed by atoms with van der Waals surface area (Å²) in [5.41, 5.74) is 0. The molecule has 3 N–H and O–H groups in total. The zero-order chi connectivity index (χ0) is 11.0. The monoisotopic (exact) mass is 203 g/mol. The standard InChI is InChI=1S/C11H25NO2/c1-4-10(5-2)11(14)7-12-6-9(3)8-13/h9-14H,4-8H2,1-3H3. The van der Waals surface area contributed by atoms with Crippen molar-refractivity contribution in [2.45, 2.75) is 39.7 Å². The van der Waals surface area contributed by atoms with Crippen LogP contribution in [0.4, 0.5) is 0 Å². The largest absolute Gasteiger partial charge is 0.396 e. The fourth-order valence-corrected chi connectivity index (χ4v) is 1.54. The zero-order valence-electron chi connectivity index (χ0n) is 9.66. The van der Waals surface area contributed by atoms with E-state index in [4.69, 9.17) is 5.11 Å². The first-order valence-corrected chi connectivity index (χ1v) is 5.65. The molecule has 0 aromatic rings. The van der Waals surface area contributed by atoms with Crippen molar-refractivity contribution < 1.29 is 10.2 Å². The second kappa shape index (κ2) is 8.21. The average molecular weight is 203 g/mol. The Bertz CT molecular complexity index is 126. The first-order valence-electron chi connectivity index (χ1n) is 5.65. The minimum absolute atomic E-state index is 0.202. The van der Waals surface area contributed by atoms with E-state index >= 15 is 0 Å². The van der Waals surface area contributed by atoms with Crippen molar-refractivity contribution in [1.82, 2.24) is 5.32 Å². The number of hydrogen-bond acceptors (Lipinski definition) is 3. The lowest BCUT2D eigenvalue weighted by Crippen LogP contribution is -2.35. The molecule has 0 heterocycles. The maximum atomic E-state index is 9.77. The van der Waals surface area contributed by atoms with Gasteiger partial charge in [-0.1, -0.05) is 33.6 Å². The van der Waals surface area contributed by atoms with E-state index in [1.54, 1.807) is 0 Å². The first-order chi connectivity index (χ1) is 6.65. The Morgan fingerprint density at radius 3 is 2.14 bits per heavy atom. The molecule has 0 fully saturated rings. The summed E-state index contributed by atoms with van der Waals surface area (Å²) < 4.78 is 0. The Morgan fingerprint density at radius 2 is 1.71 bits per heavy atom. The zero-order valence-corrected chi connectivity index (χ0v) is 9.66. The summed E-state index contributed by atoms with van der Waals surface area (Å²) in [6.07, 6.45) is 1.79. The number of nitrogens with one attached hydrogen (secondary N) is 1. The van der Waals surface area contributed by atoms with Gasteiger partial charge in [0.15, 0.2) is 0 Å². The lowest BCUT2D eigenvalue weighted by Gasteiger charge is -2.21. The normalized spacial score (nSPS) is 15.9. The SMILES string of the molecule is CCC(CC)C(O)CNCC(C)CO. The molecule has 14 heavy (non-hydrogen) atoms. The van der Waals surface area contributed by atoms with Crippen LogP contribution in [0.1, 0.15) is 33.6 Å². The van der Waals surface area contributed by atoms with E-state index in [0.29, 0.717) is 12.5 Å². The average Bonchev–Trinajstić information content (AvgIpc) is 2.19. The maximum absolute atomic E-state index is 9.77. The van der Waals surface area contributed by atoms with Crippen LogP contribution >= 0.6 is 0 Å². The van der Waals surface area contributed by atoms with Crippen LogP contribution in [0.15, 0.2) is 0 Å². The summed E-state index contributed by atoms with van der Waals surface area (Å²) >= 11 is 0. The molecular weight excluding hydrogens is 178 g/mol. The molecule has 0 aliphatic rings. The highest BCUT2D eigenvalue weighted by Crippen LogP contribution is 2.12. The molecule has 0 aliphatic heterocycles. The molecular formula is C11H25NO2. The quantitative estimate of drug-likeness (QED) is 0.551. The van der Waals surface area contributed by atoms with Crippen LogP contribution in [0.5, 0.6) is 0 Å². The topological polar surface area (TPSA) is 52.5 Å². The van der Waals surface area contributed by atoms with Crippen molar-refractivity contribution in [3.8, 4) is 0 Å². The summed E-state index contributed by atoms with van der Waals surface area (Å²) in [6, 6.07) is 0. The van der Waals surface area contributed by atoms with Crippen molar-refractivity contribution in [2.24, 2.45) is 11.8 Å². The molecule has 86 valence electrons. The summed E-state index contributed by atoms with van der Waals surface area (Å²) in [5, 5.41) is 21.7. The van der Waals surface area contributed by atoms with Crippen LogP contribution in [0, 0.1) is 11.8 Å². The molecule has 2 unspecified atom stereocenters. The second-order valence-electron chi connectivity index (χ2n) is 4.09. The summed E-state index contributed by atoms with van der Waals surface area (Å²) in [6.45, 7) is 7.80. The summed E-state index contributed by atoms with van der Waals surface area (Å²) in [4.78, 5) is 0. The van der Waals surface area contributed by atoms with Gasteiger partial charge in [0.05, 0.1) is 6.10 Å². The molecule has 0 amide bonds. The van der Waals surface area contributed by atoms with Gasteiger partial charge in [0.1, 0.15) is 0 Å². The van der Waals surface area contributed by atoms with Crippen molar-refractivity contribution in [3.05, 3.63) is 0 Å². The Balaban J connectivity index is 3.56. The Morgan fingerprint density at radius 1 is 1.14 bits per heavy atom. The van der Waals surface area contributed by atoms with Gasteiger partial charge in [-0.3, -0.25) is 0 Å². The molecule has 0 aromatic heterocycles. The lowest BCUT2D eigenvalue weighted by molar-refractivity contribution is 0.0992. The third-order valence-corrected chi connectivity index (χ3v) is 2.75. The second-order valence-corrected chi connectivity index (χ2v) is 4.09. The van der Waals surface area contributed by atoms with Gasteiger partial charge in [-0.25, -0.2) is 0 Å². The Hall–Kier alpha value is -0.120. The number of aliphatic hydroxyl groups is 2. The molecule has 3 heteroatoms. The molecule has 3 nitrogen and oxygen atoms in total. The van der Waals surface area contributed by atoms with Crippen molar-refractivity contribution >= 4 is 0 Å². The molecule has 0 bridgehead atoms. The molecule has 0 radical (unpaired) electrons. The van der Waals surface area contributed by atoms with Crippen molar-refractivity contribution in [3.63, 3.8) is 0 Å². The van der Waals surface area contributed by atoms with Crippen LogP contribution in [-0.2, 0) is 0 Å². The molecule has 0 saturated carbocycles. The molecule has 0 spiro atoms. The van der Waals surface area contributed by atoms with E-state index in [2.05, 4.69) is 19.2 Å². The minimum Gasteiger partial charge on any atom is -0.396 e. The van der Waals surface area contributed by atoms with Gasteiger partial charge in [-0.05, 0) is 18.4 Å². The van der Waals surface area contributed by atoms with Crippen LogP contribution < -0.4 is 5.32 Å². The number of rotatable bonds is 8. The van der Waals surface area contributed by atoms with Gasteiger partial charge in [0, 0.05) is 13.2 Å². The smallest absolute Gasteiger partial charge is 0.0692 e. The summed E-state index contributed by atoms with van der Waals surface area (Å²) in [5.74, 6) is 0.663. The van der Waals surface area contributed by atoms with E-state index in [1.807, 2.05) is 6.92 Å². The van der Waals surface area contributed by atoms with E-state index < -0.39 is 0 Å². The molecule has 2 atom stereocenters. The Kier molecular flexibility index (Phi) is 8.14. The molecule has 0 rings (SSSR count).